The van der Waals surface area contributed by atoms with E-state index in [0.717, 1.165) is 11.1 Å². The number of aliphatic carboxylic acids is 1. The van der Waals surface area contributed by atoms with E-state index in [1.165, 1.54) is 4.31 Å². The average Bonchev–Trinajstić information content (AvgIpc) is 2.79. The molecule has 0 saturated carbocycles. The zero-order valence-corrected chi connectivity index (χ0v) is 19.8. The van der Waals surface area contributed by atoms with Crippen LogP contribution in [0.2, 0.25) is 5.02 Å². The number of carboxylic acid groups (broad SMARTS) is 1. The topological polar surface area (TPSA) is 74.7 Å². The summed E-state index contributed by atoms with van der Waals surface area (Å²) in [5.41, 5.74) is 3.26. The predicted molar refractivity (Wildman–Crippen MR) is 129 cm³/mol. The number of aryl methyl sites for hydroxylation is 2. The highest BCUT2D eigenvalue weighted by atomic mass is 35.5. The molecule has 0 fully saturated rings. The highest BCUT2D eigenvalue weighted by Gasteiger charge is 2.44. The predicted octanol–water partition coefficient (Wildman–Crippen LogP) is 5.84. The molecule has 0 saturated heterocycles. The Labute approximate surface area is 199 Å². The minimum atomic E-state index is -4.08. The van der Waals surface area contributed by atoms with Gasteiger partial charge in [0.25, 0.3) is 0 Å². The van der Waals surface area contributed by atoms with E-state index in [-0.39, 0.29) is 16.9 Å². The van der Waals surface area contributed by atoms with Crippen molar-refractivity contribution in [2.75, 3.05) is 0 Å². The average molecular weight is 482 g/mol. The fraction of sp³-hybridized carbons (Fsp3) is 0.192. The van der Waals surface area contributed by atoms with Gasteiger partial charge in [0.05, 0.1) is 22.6 Å². The fourth-order valence-corrected chi connectivity index (χ4v) is 6.16. The van der Waals surface area contributed by atoms with Crippen molar-refractivity contribution in [2.24, 2.45) is 0 Å². The number of benzene rings is 3. The van der Waals surface area contributed by atoms with Gasteiger partial charge in [-0.15, -0.1) is 0 Å². The van der Waals surface area contributed by atoms with Crippen LogP contribution in [0.5, 0.6) is 0 Å². The van der Waals surface area contributed by atoms with Gasteiger partial charge in [-0.1, -0.05) is 77.3 Å². The van der Waals surface area contributed by atoms with Gasteiger partial charge in [0.1, 0.15) is 0 Å². The second-order valence-corrected chi connectivity index (χ2v) is 10.5. The molecule has 0 aliphatic carbocycles. The number of halogens is 1. The first-order chi connectivity index (χ1) is 15.7. The molecule has 1 heterocycles. The van der Waals surface area contributed by atoms with Gasteiger partial charge >= 0.3 is 5.97 Å². The SMILES string of the molecule is Cc1ccc([C@H]2C(C(=O)O)=CC[C@@H](c3cccc(Cl)c3)N2S(=O)(=O)c2ccc(C)cc2)cc1. The number of nitrogens with zero attached hydrogens (tertiary/aromatic N) is 1. The molecule has 0 bridgehead atoms. The monoisotopic (exact) mass is 481 g/mol. The third kappa shape index (κ3) is 4.60. The van der Waals surface area contributed by atoms with Crippen molar-refractivity contribution in [1.82, 2.24) is 4.31 Å². The summed E-state index contributed by atoms with van der Waals surface area (Å²) >= 11 is 6.23. The van der Waals surface area contributed by atoms with Crippen LogP contribution in [0.25, 0.3) is 0 Å². The summed E-state index contributed by atoms with van der Waals surface area (Å²) in [4.78, 5) is 12.4. The van der Waals surface area contributed by atoms with Crippen LogP contribution in [0.15, 0.2) is 89.3 Å². The largest absolute Gasteiger partial charge is 0.478 e. The maximum absolute atomic E-state index is 14.1. The minimum Gasteiger partial charge on any atom is -0.478 e. The third-order valence-corrected chi connectivity index (χ3v) is 8.01. The maximum atomic E-state index is 14.1. The van der Waals surface area contributed by atoms with Gasteiger partial charge in [-0.2, -0.15) is 4.31 Å². The van der Waals surface area contributed by atoms with Crippen LogP contribution in [0.3, 0.4) is 0 Å². The van der Waals surface area contributed by atoms with Gasteiger partial charge in [0, 0.05) is 5.02 Å². The first kappa shape index (κ1) is 23.2. The lowest BCUT2D eigenvalue weighted by Crippen LogP contribution is -2.42. The van der Waals surface area contributed by atoms with E-state index in [0.29, 0.717) is 16.1 Å². The van der Waals surface area contributed by atoms with Crippen molar-refractivity contribution in [1.29, 1.82) is 0 Å². The Morgan fingerprint density at radius 3 is 2.12 bits per heavy atom. The Kier molecular flexibility index (Phi) is 6.43. The summed E-state index contributed by atoms with van der Waals surface area (Å²) in [5.74, 6) is -1.14. The van der Waals surface area contributed by atoms with Gasteiger partial charge in [0.15, 0.2) is 0 Å². The van der Waals surface area contributed by atoms with Crippen molar-refractivity contribution in [3.8, 4) is 0 Å². The summed E-state index contributed by atoms with van der Waals surface area (Å²) < 4.78 is 29.4. The van der Waals surface area contributed by atoms with Crippen LogP contribution >= 0.6 is 11.6 Å². The number of hydrogen-bond donors (Lipinski definition) is 1. The van der Waals surface area contributed by atoms with Gasteiger partial charge in [-0.25, -0.2) is 13.2 Å². The number of rotatable bonds is 5. The Morgan fingerprint density at radius 1 is 0.939 bits per heavy atom. The fourth-order valence-electron chi connectivity index (χ4n) is 4.19. The molecule has 3 aromatic rings. The molecule has 33 heavy (non-hydrogen) atoms. The zero-order chi connectivity index (χ0) is 23.8. The highest BCUT2D eigenvalue weighted by molar-refractivity contribution is 7.89. The molecular weight excluding hydrogens is 458 g/mol. The molecule has 0 unspecified atom stereocenters. The van der Waals surface area contributed by atoms with Crippen molar-refractivity contribution in [3.05, 3.63) is 112 Å². The smallest absolute Gasteiger partial charge is 0.333 e. The lowest BCUT2D eigenvalue weighted by molar-refractivity contribution is -0.133. The standard InChI is InChI=1S/C26H24ClNO4S/c1-17-6-10-19(11-7-17)25-23(26(29)30)14-15-24(20-4-3-5-21(27)16-20)28(25)33(31,32)22-12-8-18(2)9-13-22/h3-14,16,24-25H,15H2,1-2H3,(H,29,30)/t24-,25-/m0/s1. The van der Waals surface area contributed by atoms with Crippen LogP contribution in [0, 0.1) is 13.8 Å². The molecule has 1 aliphatic rings. The molecular formula is C26H24ClNO4S. The van der Waals surface area contributed by atoms with Gasteiger partial charge in [0.2, 0.25) is 10.0 Å². The van der Waals surface area contributed by atoms with Crippen LogP contribution in [-0.2, 0) is 14.8 Å². The Bertz CT molecular complexity index is 1320. The molecule has 0 amide bonds. The van der Waals surface area contributed by atoms with Gasteiger partial charge in [-0.3, -0.25) is 0 Å². The molecule has 7 heteroatoms. The highest BCUT2D eigenvalue weighted by Crippen LogP contribution is 2.46. The van der Waals surface area contributed by atoms with Crippen LogP contribution in [0.4, 0.5) is 0 Å². The third-order valence-electron chi connectivity index (χ3n) is 5.89. The first-order valence-electron chi connectivity index (χ1n) is 10.5. The number of sulfonamides is 1. The molecule has 0 aromatic heterocycles. The first-order valence-corrected chi connectivity index (χ1v) is 12.4. The van der Waals surface area contributed by atoms with E-state index in [1.54, 1.807) is 60.7 Å². The number of carboxylic acids is 1. The molecule has 2 atom stereocenters. The van der Waals surface area contributed by atoms with E-state index < -0.39 is 28.1 Å². The summed E-state index contributed by atoms with van der Waals surface area (Å²) in [6.45, 7) is 3.81. The van der Waals surface area contributed by atoms with Crippen molar-refractivity contribution < 1.29 is 18.3 Å². The molecule has 1 N–H and O–H groups in total. The van der Waals surface area contributed by atoms with E-state index in [1.807, 2.05) is 32.0 Å². The molecule has 4 rings (SSSR count). The quantitative estimate of drug-likeness (QED) is 0.496. The molecule has 3 aromatic carbocycles. The molecule has 5 nitrogen and oxygen atoms in total. The normalized spacial score (nSPS) is 19.2. The van der Waals surface area contributed by atoms with Gasteiger partial charge < -0.3 is 5.11 Å². The second-order valence-electron chi connectivity index (χ2n) is 8.23. The minimum absolute atomic E-state index is 0.0350. The van der Waals surface area contributed by atoms with Gasteiger partial charge in [-0.05, 0) is 55.7 Å². The van der Waals surface area contributed by atoms with Crippen molar-refractivity contribution in [3.63, 3.8) is 0 Å². The Balaban J connectivity index is 1.97. The molecule has 1 aliphatic heterocycles. The maximum Gasteiger partial charge on any atom is 0.333 e. The summed E-state index contributed by atoms with van der Waals surface area (Å²) in [6.07, 6.45) is 1.84. The number of hydrogen-bond acceptors (Lipinski definition) is 3. The lowest BCUT2D eigenvalue weighted by atomic mass is 9.89. The molecule has 0 spiro atoms. The van der Waals surface area contributed by atoms with Crippen molar-refractivity contribution in [2.45, 2.75) is 37.2 Å². The van der Waals surface area contributed by atoms with Crippen molar-refractivity contribution >= 4 is 27.6 Å². The van der Waals surface area contributed by atoms with Crippen LogP contribution in [-0.4, -0.2) is 23.8 Å². The van der Waals surface area contributed by atoms with E-state index in [9.17, 15) is 18.3 Å². The number of carbonyl (C=O) groups is 1. The zero-order valence-electron chi connectivity index (χ0n) is 18.3. The van der Waals surface area contributed by atoms with Crippen LogP contribution < -0.4 is 0 Å². The van der Waals surface area contributed by atoms with E-state index >= 15 is 0 Å². The summed E-state index contributed by atoms with van der Waals surface area (Å²) in [7, 11) is -4.08. The van der Waals surface area contributed by atoms with E-state index in [4.69, 9.17) is 11.6 Å². The second kappa shape index (κ2) is 9.14. The van der Waals surface area contributed by atoms with Crippen LogP contribution in [0.1, 0.15) is 40.8 Å². The van der Waals surface area contributed by atoms with E-state index in [2.05, 4.69) is 0 Å². The molecule has 0 radical (unpaired) electrons. The summed E-state index contributed by atoms with van der Waals surface area (Å²) in [6, 6.07) is 19.3. The lowest BCUT2D eigenvalue weighted by Gasteiger charge is -2.40. The molecule has 170 valence electrons. The Hall–Kier alpha value is -2.93. The Morgan fingerprint density at radius 2 is 1.55 bits per heavy atom. The summed E-state index contributed by atoms with van der Waals surface area (Å²) in [5, 5.41) is 10.5.